The number of imide groups is 1. The Morgan fingerprint density at radius 3 is 2.54 bits per heavy atom. The summed E-state index contributed by atoms with van der Waals surface area (Å²) in [6.07, 6.45) is 1.10. The predicted octanol–water partition coefficient (Wildman–Crippen LogP) is 0.895. The lowest BCUT2D eigenvalue weighted by atomic mass is 10.1. The molecule has 2 rings (SSSR count). The van der Waals surface area contributed by atoms with Gasteiger partial charge in [0.2, 0.25) is 0 Å². The molecule has 0 aromatic heterocycles. The van der Waals surface area contributed by atoms with Crippen molar-refractivity contribution in [3.05, 3.63) is 10.2 Å². The summed E-state index contributed by atoms with van der Waals surface area (Å²) in [6.45, 7) is 6.48. The molecule has 2 aliphatic rings. The summed E-state index contributed by atoms with van der Waals surface area (Å²) in [7, 11) is 1.38. The highest BCUT2D eigenvalue weighted by molar-refractivity contribution is 9.12. The Bertz CT molecular complexity index is 683. The van der Waals surface area contributed by atoms with E-state index in [2.05, 4.69) is 26.2 Å². The molecule has 1 fully saturated rings. The van der Waals surface area contributed by atoms with Crippen LogP contribution in [-0.2, 0) is 14.3 Å². The number of likely N-dealkylation sites (N-methyl/N-ethyl adjacent to an activating group) is 1. The van der Waals surface area contributed by atoms with Crippen molar-refractivity contribution in [2.45, 2.75) is 45.3 Å². The Morgan fingerprint density at radius 1 is 1.35 bits per heavy atom. The van der Waals surface area contributed by atoms with Crippen LogP contribution in [-0.4, -0.2) is 65.4 Å². The van der Waals surface area contributed by atoms with E-state index in [9.17, 15) is 14.4 Å². The summed E-state index contributed by atoms with van der Waals surface area (Å²) in [5.74, 6) is -0.834. The van der Waals surface area contributed by atoms with Gasteiger partial charge in [-0.15, -0.1) is 0 Å². The molecule has 9 nitrogen and oxygen atoms in total. The molecule has 10 heteroatoms. The number of ether oxygens (including phenoxy) is 1. The summed E-state index contributed by atoms with van der Waals surface area (Å²) >= 11 is 3.09. The number of halogens is 1. The van der Waals surface area contributed by atoms with Crippen LogP contribution in [0.1, 0.15) is 33.6 Å². The smallest absolute Gasteiger partial charge is 0.407 e. The van der Waals surface area contributed by atoms with Gasteiger partial charge in [-0.3, -0.25) is 14.5 Å². The van der Waals surface area contributed by atoms with E-state index in [0.717, 1.165) is 17.7 Å². The molecule has 0 aromatic rings. The van der Waals surface area contributed by atoms with Crippen molar-refractivity contribution in [1.82, 2.24) is 15.1 Å². The predicted molar refractivity (Wildman–Crippen MR) is 99.3 cm³/mol. The molecule has 2 heterocycles. The Labute approximate surface area is 160 Å². The molecule has 1 unspecified atom stereocenters. The number of amides is 3. The third-order valence-corrected chi connectivity index (χ3v) is 4.61. The van der Waals surface area contributed by atoms with Gasteiger partial charge in [0.15, 0.2) is 11.7 Å². The molecular weight excluding hydrogens is 406 g/mol. The lowest BCUT2D eigenvalue weighted by molar-refractivity contribution is -0.135. The summed E-state index contributed by atoms with van der Waals surface area (Å²) in [5.41, 5.74) is 5.45. The summed E-state index contributed by atoms with van der Waals surface area (Å²) in [6, 6.07) is -0.145. The van der Waals surface area contributed by atoms with Gasteiger partial charge in [0.05, 0.1) is 0 Å². The van der Waals surface area contributed by atoms with E-state index in [4.69, 9.17) is 10.5 Å². The van der Waals surface area contributed by atoms with Crippen LogP contribution < -0.4 is 11.1 Å². The van der Waals surface area contributed by atoms with Crippen LogP contribution in [0.15, 0.2) is 15.2 Å². The molecule has 0 aromatic carbocycles. The van der Waals surface area contributed by atoms with Gasteiger partial charge in [-0.05, 0) is 49.5 Å². The minimum atomic E-state index is -0.570. The summed E-state index contributed by atoms with van der Waals surface area (Å²) < 4.78 is 5.36. The first kappa shape index (κ1) is 20.2. The number of guanidine groups is 1. The van der Waals surface area contributed by atoms with Crippen molar-refractivity contribution in [2.24, 2.45) is 10.7 Å². The average molecular weight is 430 g/mol. The molecule has 3 amide bonds. The highest BCUT2D eigenvalue weighted by atomic mass is 79.9. The van der Waals surface area contributed by atoms with E-state index in [0.29, 0.717) is 13.1 Å². The number of likely N-dealkylation sites (tertiary alicyclic amines) is 1. The fourth-order valence-corrected chi connectivity index (χ4v) is 3.18. The molecule has 0 saturated carbocycles. The molecule has 1 saturated heterocycles. The first-order valence-corrected chi connectivity index (χ1v) is 9.09. The van der Waals surface area contributed by atoms with Gasteiger partial charge in [-0.1, -0.05) is 0 Å². The van der Waals surface area contributed by atoms with Crippen LogP contribution in [0.4, 0.5) is 4.79 Å². The second-order valence-corrected chi connectivity index (χ2v) is 8.03. The highest BCUT2D eigenvalue weighted by Gasteiger charge is 2.35. The van der Waals surface area contributed by atoms with Crippen molar-refractivity contribution >= 4 is 39.8 Å². The van der Waals surface area contributed by atoms with E-state index in [1.165, 1.54) is 7.05 Å². The van der Waals surface area contributed by atoms with Crippen LogP contribution in [0.3, 0.4) is 0 Å². The molecule has 144 valence electrons. The summed E-state index contributed by atoms with van der Waals surface area (Å²) in [4.78, 5) is 42.6. The number of carbonyl (C=O) groups excluding carboxylic acids is 3. The zero-order valence-electron chi connectivity index (χ0n) is 15.3. The van der Waals surface area contributed by atoms with Crippen molar-refractivity contribution in [2.75, 3.05) is 20.1 Å². The maximum atomic E-state index is 12.0. The van der Waals surface area contributed by atoms with Crippen molar-refractivity contribution in [3.63, 3.8) is 0 Å². The number of alkyl carbamates (subject to hydrolysis) is 1. The summed E-state index contributed by atoms with van der Waals surface area (Å²) in [5, 5.41) is 2.82. The van der Waals surface area contributed by atoms with E-state index in [-0.39, 0.29) is 22.2 Å². The average Bonchev–Trinajstić information content (AvgIpc) is 2.71. The number of nitrogens with zero attached hydrogens (tertiary/aromatic N) is 3. The van der Waals surface area contributed by atoms with E-state index in [1.807, 2.05) is 0 Å². The van der Waals surface area contributed by atoms with Gasteiger partial charge in [0, 0.05) is 26.2 Å². The quantitative estimate of drug-likeness (QED) is 0.382. The van der Waals surface area contributed by atoms with Gasteiger partial charge in [0.1, 0.15) is 10.1 Å². The lowest BCUT2D eigenvalue weighted by Crippen LogP contribution is -2.52. The van der Waals surface area contributed by atoms with E-state index < -0.39 is 23.5 Å². The van der Waals surface area contributed by atoms with Gasteiger partial charge in [-0.25, -0.2) is 9.79 Å². The van der Waals surface area contributed by atoms with E-state index in [1.54, 1.807) is 25.7 Å². The fraction of sp³-hybridized carbons (Fsp3) is 0.625. The number of hydrogen-bond acceptors (Lipinski definition) is 5. The Hall–Kier alpha value is -2.10. The number of piperidine rings is 1. The zero-order chi connectivity index (χ0) is 19.6. The minimum Gasteiger partial charge on any atom is -0.444 e. The molecule has 0 bridgehead atoms. The van der Waals surface area contributed by atoms with Crippen molar-refractivity contribution in [1.29, 1.82) is 0 Å². The van der Waals surface area contributed by atoms with Gasteiger partial charge >= 0.3 is 6.09 Å². The Balaban J connectivity index is 2.04. The van der Waals surface area contributed by atoms with Gasteiger partial charge in [0.25, 0.3) is 11.8 Å². The lowest BCUT2D eigenvalue weighted by Gasteiger charge is -2.34. The van der Waals surface area contributed by atoms with Crippen molar-refractivity contribution < 1.29 is 19.1 Å². The maximum Gasteiger partial charge on any atom is 0.407 e. The normalized spacial score (nSPS) is 22.2. The van der Waals surface area contributed by atoms with Crippen LogP contribution in [0.25, 0.3) is 0 Å². The number of nitrogens with two attached hydrogens (primary N) is 1. The van der Waals surface area contributed by atoms with Gasteiger partial charge in [-0.2, -0.15) is 0 Å². The third kappa shape index (κ3) is 4.75. The topological polar surface area (TPSA) is 117 Å². The minimum absolute atomic E-state index is 0.0165. The van der Waals surface area contributed by atoms with Crippen molar-refractivity contribution in [3.8, 4) is 0 Å². The van der Waals surface area contributed by atoms with Crippen LogP contribution in [0, 0.1) is 0 Å². The number of carbonyl (C=O) groups is 3. The Kier molecular flexibility index (Phi) is 5.94. The maximum absolute atomic E-state index is 12.0. The fourth-order valence-electron chi connectivity index (χ4n) is 2.65. The largest absolute Gasteiger partial charge is 0.444 e. The van der Waals surface area contributed by atoms with Crippen LogP contribution in [0.2, 0.25) is 0 Å². The zero-order valence-corrected chi connectivity index (χ0v) is 16.9. The molecule has 3 N–H and O–H groups in total. The first-order chi connectivity index (χ1) is 12.0. The van der Waals surface area contributed by atoms with E-state index >= 15 is 0 Å². The van der Waals surface area contributed by atoms with Crippen LogP contribution >= 0.6 is 15.9 Å². The van der Waals surface area contributed by atoms with Gasteiger partial charge < -0.3 is 20.7 Å². The standard InChI is InChI=1S/C16H24BrN5O4/c1-16(2,3)26-15(25)19-9-6-5-7-22(8-9)14(18)20-11-10(17)12(23)21(4)13(11)24/h9H,5-8H2,1-4H3,(H2,18,20)(H,19,25). The van der Waals surface area contributed by atoms with Crippen LogP contribution in [0.5, 0.6) is 0 Å². The third-order valence-electron chi connectivity index (χ3n) is 3.90. The molecule has 1 atom stereocenters. The Morgan fingerprint density at radius 2 is 2.00 bits per heavy atom. The molecule has 0 radical (unpaired) electrons. The monoisotopic (exact) mass is 429 g/mol. The first-order valence-electron chi connectivity index (χ1n) is 8.30. The molecule has 0 spiro atoms. The SMILES string of the molecule is CN1C(=O)C(Br)=C(N=C(N)N2CCCC(NC(=O)OC(C)(C)C)C2)C1=O. The number of hydrogen-bond donors (Lipinski definition) is 2. The molecule has 26 heavy (non-hydrogen) atoms. The highest BCUT2D eigenvalue weighted by Crippen LogP contribution is 2.25. The number of aliphatic imine (C=N–C) groups is 1. The number of rotatable bonds is 2. The molecular formula is C16H24BrN5O4. The molecule has 0 aliphatic carbocycles. The second-order valence-electron chi connectivity index (χ2n) is 7.23. The number of nitrogens with one attached hydrogen (secondary N) is 1. The molecule has 2 aliphatic heterocycles. The second kappa shape index (κ2) is 7.65.